The highest BCUT2D eigenvalue weighted by Crippen LogP contribution is 2.20. The summed E-state index contributed by atoms with van der Waals surface area (Å²) < 4.78 is 25.6. The number of sulfonamides is 1. The van der Waals surface area contributed by atoms with Gasteiger partial charge in [0.2, 0.25) is 10.0 Å². The fraction of sp³-hybridized carbons (Fsp3) is 0.385. The highest BCUT2D eigenvalue weighted by Gasteiger charge is 2.24. The molecule has 0 aliphatic carbocycles. The Bertz CT molecular complexity index is 627. The minimum atomic E-state index is -3.86. The van der Waals surface area contributed by atoms with Crippen molar-refractivity contribution in [2.24, 2.45) is 5.73 Å². The third-order valence-corrected chi connectivity index (χ3v) is 4.65. The van der Waals surface area contributed by atoms with Crippen LogP contribution in [0, 0.1) is 22.7 Å². The summed E-state index contributed by atoms with van der Waals surface area (Å²) in [4.78, 5) is 0.0457. The lowest BCUT2D eigenvalue weighted by Crippen LogP contribution is -2.32. The molecule has 7 heteroatoms. The monoisotopic (exact) mass is 292 g/mol. The van der Waals surface area contributed by atoms with E-state index in [9.17, 15) is 8.42 Å². The molecular weight excluding hydrogens is 276 g/mol. The van der Waals surface area contributed by atoms with Gasteiger partial charge in [0.15, 0.2) is 0 Å². The molecule has 0 heterocycles. The second-order valence-corrected chi connectivity index (χ2v) is 6.11. The molecule has 2 N–H and O–H groups in total. The Labute approximate surface area is 119 Å². The van der Waals surface area contributed by atoms with E-state index in [0.29, 0.717) is 12.0 Å². The molecule has 0 saturated heterocycles. The lowest BCUT2D eigenvalue weighted by atomic mass is 10.1. The van der Waals surface area contributed by atoms with E-state index in [2.05, 4.69) is 0 Å². The molecule has 1 aromatic carbocycles. The van der Waals surface area contributed by atoms with Gasteiger partial charge in [0.25, 0.3) is 0 Å². The van der Waals surface area contributed by atoms with Gasteiger partial charge < -0.3 is 5.73 Å². The molecule has 0 amide bonds. The normalized spacial score (nSPS) is 12.7. The molecule has 0 aromatic heterocycles. The van der Waals surface area contributed by atoms with Crippen molar-refractivity contribution in [1.29, 1.82) is 10.5 Å². The molecule has 0 saturated carbocycles. The van der Waals surface area contributed by atoms with E-state index in [1.165, 1.54) is 12.1 Å². The Morgan fingerprint density at radius 3 is 2.40 bits per heavy atom. The largest absolute Gasteiger partial charge is 0.324 e. The predicted octanol–water partition coefficient (Wildman–Crippen LogP) is 1.13. The molecule has 0 spiro atoms. The molecule has 0 fully saturated rings. The van der Waals surface area contributed by atoms with Gasteiger partial charge in [0.05, 0.1) is 17.0 Å². The van der Waals surface area contributed by atoms with Crippen molar-refractivity contribution in [3.63, 3.8) is 0 Å². The number of benzene rings is 1. The Hall–Kier alpha value is -1.93. The van der Waals surface area contributed by atoms with Gasteiger partial charge in [-0.3, -0.25) is 0 Å². The van der Waals surface area contributed by atoms with Crippen LogP contribution in [-0.4, -0.2) is 25.8 Å². The zero-order valence-electron chi connectivity index (χ0n) is 11.2. The van der Waals surface area contributed by atoms with Gasteiger partial charge in [-0.15, -0.1) is 0 Å². The molecule has 0 aliphatic heterocycles. The lowest BCUT2D eigenvalue weighted by molar-refractivity contribution is 0.479. The zero-order chi connectivity index (χ0) is 15.2. The first-order chi connectivity index (χ1) is 9.47. The molecule has 0 aliphatic rings. The molecule has 6 nitrogen and oxygen atoms in total. The van der Waals surface area contributed by atoms with Gasteiger partial charge in [-0.05, 0) is 24.1 Å². The van der Waals surface area contributed by atoms with Gasteiger partial charge in [-0.25, -0.2) is 8.42 Å². The maximum Gasteiger partial charge on any atom is 0.244 e. The maximum absolute atomic E-state index is 12.4. The quantitative estimate of drug-likeness (QED) is 0.790. The fourth-order valence-electron chi connectivity index (χ4n) is 1.67. The second-order valence-electron chi connectivity index (χ2n) is 4.18. The number of hydrogen-bond donors (Lipinski definition) is 1. The van der Waals surface area contributed by atoms with Crippen LogP contribution >= 0.6 is 0 Å². The van der Waals surface area contributed by atoms with Crippen LogP contribution in [-0.2, 0) is 10.0 Å². The summed E-state index contributed by atoms with van der Waals surface area (Å²) in [6, 6.07) is 9.54. The van der Waals surface area contributed by atoms with Crippen LogP contribution in [0.15, 0.2) is 29.2 Å². The van der Waals surface area contributed by atoms with Crippen molar-refractivity contribution in [3.05, 3.63) is 29.8 Å². The van der Waals surface area contributed by atoms with Crippen molar-refractivity contribution in [3.8, 4) is 12.1 Å². The summed E-state index contributed by atoms with van der Waals surface area (Å²) in [5.41, 5.74) is 6.60. The summed E-state index contributed by atoms with van der Waals surface area (Å²) in [6.07, 6.45) is 0.684. The van der Waals surface area contributed by atoms with Crippen molar-refractivity contribution < 1.29 is 8.42 Å². The van der Waals surface area contributed by atoms with E-state index in [1.807, 2.05) is 6.92 Å². The van der Waals surface area contributed by atoms with Crippen molar-refractivity contribution >= 4 is 10.0 Å². The summed E-state index contributed by atoms with van der Waals surface area (Å²) in [7, 11) is -3.86. The van der Waals surface area contributed by atoms with Gasteiger partial charge in [0, 0.05) is 6.04 Å². The molecular formula is C13H16N4O2S. The highest BCUT2D eigenvalue weighted by molar-refractivity contribution is 7.89. The third kappa shape index (κ3) is 3.55. The fourth-order valence-corrected chi connectivity index (χ4v) is 2.96. The van der Waals surface area contributed by atoms with Gasteiger partial charge in [0.1, 0.15) is 13.1 Å². The molecule has 1 unspecified atom stereocenters. The number of rotatable bonds is 6. The van der Waals surface area contributed by atoms with E-state index >= 15 is 0 Å². The first kappa shape index (κ1) is 16.1. The van der Waals surface area contributed by atoms with E-state index < -0.39 is 10.0 Å². The van der Waals surface area contributed by atoms with Crippen LogP contribution in [0.2, 0.25) is 0 Å². The number of nitrogens with two attached hydrogens (primary N) is 1. The van der Waals surface area contributed by atoms with E-state index in [4.69, 9.17) is 16.3 Å². The summed E-state index contributed by atoms with van der Waals surface area (Å²) >= 11 is 0. The van der Waals surface area contributed by atoms with Gasteiger partial charge in [-0.2, -0.15) is 14.8 Å². The average Bonchev–Trinajstić information content (AvgIpc) is 2.46. The molecule has 1 rings (SSSR count). The highest BCUT2D eigenvalue weighted by atomic mass is 32.2. The van der Waals surface area contributed by atoms with E-state index in [-0.39, 0.29) is 24.0 Å². The Kier molecular flexibility index (Phi) is 5.66. The SMILES string of the molecule is CCC(N)c1cccc(S(=O)(=O)N(CC#N)CC#N)c1. The summed E-state index contributed by atoms with van der Waals surface area (Å²) in [6.45, 7) is 1.18. The van der Waals surface area contributed by atoms with E-state index in [1.54, 1.807) is 24.3 Å². The van der Waals surface area contributed by atoms with Gasteiger partial charge >= 0.3 is 0 Å². The third-order valence-electron chi connectivity index (χ3n) is 2.86. The van der Waals surface area contributed by atoms with Crippen LogP contribution in [0.1, 0.15) is 24.9 Å². The standard InChI is InChI=1S/C13H16N4O2S/c1-2-13(16)11-4-3-5-12(10-11)20(18,19)17(8-6-14)9-7-15/h3-5,10,13H,2,8-9,16H2,1H3. The Morgan fingerprint density at radius 2 is 1.90 bits per heavy atom. The molecule has 1 atom stereocenters. The Morgan fingerprint density at radius 1 is 1.30 bits per heavy atom. The minimum Gasteiger partial charge on any atom is -0.324 e. The lowest BCUT2D eigenvalue weighted by Gasteiger charge is -2.17. The van der Waals surface area contributed by atoms with Crippen LogP contribution in [0.3, 0.4) is 0 Å². The Balaban J connectivity index is 3.21. The number of hydrogen-bond acceptors (Lipinski definition) is 5. The molecule has 0 radical (unpaired) electrons. The maximum atomic E-state index is 12.4. The molecule has 20 heavy (non-hydrogen) atoms. The van der Waals surface area contributed by atoms with Crippen molar-refractivity contribution in [2.45, 2.75) is 24.3 Å². The minimum absolute atomic E-state index is 0.0457. The van der Waals surface area contributed by atoms with Crippen LogP contribution < -0.4 is 5.73 Å². The zero-order valence-corrected chi connectivity index (χ0v) is 12.0. The van der Waals surface area contributed by atoms with E-state index in [0.717, 1.165) is 4.31 Å². The van der Waals surface area contributed by atoms with Crippen molar-refractivity contribution in [2.75, 3.05) is 13.1 Å². The van der Waals surface area contributed by atoms with Crippen LogP contribution in [0.4, 0.5) is 0 Å². The number of nitrogens with zero attached hydrogens (tertiary/aromatic N) is 3. The van der Waals surface area contributed by atoms with Crippen LogP contribution in [0.5, 0.6) is 0 Å². The predicted molar refractivity (Wildman–Crippen MR) is 73.6 cm³/mol. The average molecular weight is 292 g/mol. The number of nitriles is 2. The topological polar surface area (TPSA) is 111 Å². The summed E-state index contributed by atoms with van der Waals surface area (Å²) in [5.74, 6) is 0. The second kappa shape index (κ2) is 7.01. The summed E-state index contributed by atoms with van der Waals surface area (Å²) in [5, 5.41) is 17.3. The molecule has 1 aromatic rings. The van der Waals surface area contributed by atoms with Crippen LogP contribution in [0.25, 0.3) is 0 Å². The van der Waals surface area contributed by atoms with Gasteiger partial charge in [-0.1, -0.05) is 19.1 Å². The molecule has 0 bridgehead atoms. The smallest absolute Gasteiger partial charge is 0.244 e. The first-order valence-electron chi connectivity index (χ1n) is 6.07. The first-order valence-corrected chi connectivity index (χ1v) is 7.51. The van der Waals surface area contributed by atoms with Crippen molar-refractivity contribution in [1.82, 2.24) is 4.31 Å². The molecule has 106 valence electrons.